The summed E-state index contributed by atoms with van der Waals surface area (Å²) in [7, 11) is 0. The summed E-state index contributed by atoms with van der Waals surface area (Å²) in [6, 6.07) is 7.34. The van der Waals surface area contributed by atoms with Crippen LogP contribution in [0.5, 0.6) is 0 Å². The minimum Gasteiger partial charge on any atom is -0.398 e. The van der Waals surface area contributed by atoms with E-state index in [2.05, 4.69) is 4.90 Å². The molecule has 0 unspecified atom stereocenters. The molecule has 0 aromatic heterocycles. The highest BCUT2D eigenvalue weighted by Gasteiger charge is 2.13. The third kappa shape index (κ3) is 3.57. The number of hydrogen-bond acceptors (Lipinski definition) is 3. The van der Waals surface area contributed by atoms with Crippen molar-refractivity contribution in [1.82, 2.24) is 4.90 Å². The fraction of sp³-hybridized carbons (Fsp3) is 0.533. The van der Waals surface area contributed by atoms with Crippen LogP contribution in [0.15, 0.2) is 24.3 Å². The van der Waals surface area contributed by atoms with E-state index in [4.69, 9.17) is 5.73 Å². The number of para-hydroxylation sites is 1. The van der Waals surface area contributed by atoms with Crippen LogP contribution in [0.3, 0.4) is 0 Å². The average Bonchev–Trinajstić information content (AvgIpc) is 2.65. The number of likely N-dealkylation sites (tertiary alicyclic amines) is 1. The minimum absolute atomic E-state index is 0.164. The van der Waals surface area contributed by atoms with E-state index in [0.717, 1.165) is 19.6 Å². The average molecular weight is 246 g/mol. The van der Waals surface area contributed by atoms with E-state index in [9.17, 15) is 4.79 Å². The summed E-state index contributed by atoms with van der Waals surface area (Å²) in [5.41, 5.74) is 7.09. The van der Waals surface area contributed by atoms with Gasteiger partial charge >= 0.3 is 0 Å². The molecule has 3 heteroatoms. The van der Waals surface area contributed by atoms with Gasteiger partial charge in [0.25, 0.3) is 0 Å². The molecule has 2 rings (SSSR count). The van der Waals surface area contributed by atoms with Crippen molar-refractivity contribution in [2.45, 2.75) is 32.1 Å². The molecule has 2 N–H and O–H groups in total. The van der Waals surface area contributed by atoms with Crippen LogP contribution in [0.1, 0.15) is 42.5 Å². The van der Waals surface area contributed by atoms with Crippen molar-refractivity contribution in [3.63, 3.8) is 0 Å². The Morgan fingerprint density at radius 2 is 1.78 bits per heavy atom. The van der Waals surface area contributed by atoms with Crippen molar-refractivity contribution in [3.8, 4) is 0 Å². The van der Waals surface area contributed by atoms with Crippen LogP contribution < -0.4 is 5.73 Å². The van der Waals surface area contributed by atoms with Crippen LogP contribution >= 0.6 is 0 Å². The molecule has 0 amide bonds. The van der Waals surface area contributed by atoms with Gasteiger partial charge in [0.15, 0.2) is 5.78 Å². The molecule has 0 bridgehead atoms. The number of Topliss-reactive ketones (excluding diaryl/α,β-unsaturated/α-hetero) is 1. The van der Waals surface area contributed by atoms with E-state index in [0.29, 0.717) is 17.7 Å². The first kappa shape index (κ1) is 13.1. The van der Waals surface area contributed by atoms with E-state index in [1.165, 1.54) is 25.7 Å². The predicted octanol–water partition coefficient (Wildman–Crippen LogP) is 2.72. The van der Waals surface area contributed by atoms with Crippen molar-refractivity contribution in [1.29, 1.82) is 0 Å². The Hall–Kier alpha value is -1.35. The maximum atomic E-state index is 12.1. The van der Waals surface area contributed by atoms with Crippen molar-refractivity contribution >= 4 is 11.5 Å². The van der Waals surface area contributed by atoms with Gasteiger partial charge in [-0.15, -0.1) is 0 Å². The van der Waals surface area contributed by atoms with Gasteiger partial charge in [0.05, 0.1) is 0 Å². The third-order valence-corrected chi connectivity index (χ3v) is 3.61. The lowest BCUT2D eigenvalue weighted by Crippen LogP contribution is -2.27. The normalized spacial score (nSPS) is 17.3. The number of anilines is 1. The fourth-order valence-electron chi connectivity index (χ4n) is 2.51. The van der Waals surface area contributed by atoms with Crippen molar-refractivity contribution in [2.75, 3.05) is 25.4 Å². The molecule has 0 saturated carbocycles. The number of nitrogens with two attached hydrogens (primary N) is 1. The molecule has 1 aliphatic rings. The summed E-state index contributed by atoms with van der Waals surface area (Å²) in [4.78, 5) is 14.5. The zero-order valence-corrected chi connectivity index (χ0v) is 10.9. The molecule has 1 saturated heterocycles. The molecule has 1 aromatic carbocycles. The Morgan fingerprint density at radius 1 is 1.11 bits per heavy atom. The molecule has 98 valence electrons. The van der Waals surface area contributed by atoms with Gasteiger partial charge in [-0.3, -0.25) is 4.79 Å². The summed E-state index contributed by atoms with van der Waals surface area (Å²) in [5.74, 6) is 0.164. The highest BCUT2D eigenvalue weighted by atomic mass is 16.1. The van der Waals surface area contributed by atoms with Crippen molar-refractivity contribution in [2.24, 2.45) is 0 Å². The number of nitrogen functional groups attached to an aromatic ring is 1. The lowest BCUT2D eigenvalue weighted by molar-refractivity contribution is 0.0965. The Bertz CT molecular complexity index is 395. The molecule has 1 aromatic rings. The van der Waals surface area contributed by atoms with E-state index in [1.807, 2.05) is 18.2 Å². The smallest absolute Gasteiger partial charge is 0.166 e. The molecule has 1 fully saturated rings. The number of rotatable bonds is 4. The summed E-state index contributed by atoms with van der Waals surface area (Å²) < 4.78 is 0. The van der Waals surface area contributed by atoms with E-state index >= 15 is 0 Å². The molecule has 3 nitrogen and oxygen atoms in total. The van der Waals surface area contributed by atoms with Gasteiger partial charge in [0, 0.05) is 24.2 Å². The topological polar surface area (TPSA) is 46.3 Å². The Balaban J connectivity index is 1.86. The third-order valence-electron chi connectivity index (χ3n) is 3.61. The number of nitrogens with zero attached hydrogens (tertiary/aromatic N) is 1. The van der Waals surface area contributed by atoms with Gasteiger partial charge in [0.1, 0.15) is 0 Å². The zero-order valence-electron chi connectivity index (χ0n) is 10.9. The Labute approximate surface area is 109 Å². The monoisotopic (exact) mass is 246 g/mol. The van der Waals surface area contributed by atoms with Crippen LogP contribution in [0, 0.1) is 0 Å². The van der Waals surface area contributed by atoms with Crippen LogP contribution in [0.4, 0.5) is 5.69 Å². The first-order valence-electron chi connectivity index (χ1n) is 6.87. The van der Waals surface area contributed by atoms with Crippen LogP contribution in [0.25, 0.3) is 0 Å². The molecule has 0 atom stereocenters. The van der Waals surface area contributed by atoms with Gasteiger partial charge in [-0.25, -0.2) is 0 Å². The number of ketones is 1. The Morgan fingerprint density at radius 3 is 2.44 bits per heavy atom. The summed E-state index contributed by atoms with van der Waals surface area (Å²) >= 11 is 0. The van der Waals surface area contributed by atoms with Crippen molar-refractivity contribution < 1.29 is 4.79 Å². The highest BCUT2D eigenvalue weighted by Crippen LogP contribution is 2.14. The number of hydrogen-bond donors (Lipinski definition) is 1. The van der Waals surface area contributed by atoms with Gasteiger partial charge in [0.2, 0.25) is 0 Å². The van der Waals surface area contributed by atoms with Crippen molar-refractivity contribution in [3.05, 3.63) is 29.8 Å². The molecular formula is C15H22N2O. The van der Waals surface area contributed by atoms with Gasteiger partial charge < -0.3 is 10.6 Å². The number of benzene rings is 1. The molecule has 0 spiro atoms. The summed E-state index contributed by atoms with van der Waals surface area (Å²) in [5, 5.41) is 0. The van der Waals surface area contributed by atoms with E-state index in [-0.39, 0.29) is 5.78 Å². The molecule has 0 radical (unpaired) electrons. The minimum atomic E-state index is 0.164. The Kier molecular flexibility index (Phi) is 4.76. The second kappa shape index (κ2) is 6.55. The van der Waals surface area contributed by atoms with Gasteiger partial charge in [-0.2, -0.15) is 0 Å². The van der Waals surface area contributed by atoms with E-state index < -0.39 is 0 Å². The quantitative estimate of drug-likeness (QED) is 0.656. The molecule has 0 aliphatic carbocycles. The van der Waals surface area contributed by atoms with Crippen LogP contribution in [-0.4, -0.2) is 30.3 Å². The molecular weight excluding hydrogens is 224 g/mol. The van der Waals surface area contributed by atoms with Crippen LogP contribution in [-0.2, 0) is 0 Å². The molecule has 1 aliphatic heterocycles. The second-order valence-corrected chi connectivity index (χ2v) is 5.02. The van der Waals surface area contributed by atoms with Gasteiger partial charge in [-0.05, 0) is 38.1 Å². The lowest BCUT2D eigenvalue weighted by atomic mass is 10.1. The summed E-state index contributed by atoms with van der Waals surface area (Å²) in [6.45, 7) is 3.14. The number of carbonyl (C=O) groups is 1. The van der Waals surface area contributed by atoms with Gasteiger partial charge in [-0.1, -0.05) is 25.0 Å². The SMILES string of the molecule is Nc1ccccc1C(=O)CCN1CCCCCC1. The molecule has 18 heavy (non-hydrogen) atoms. The zero-order chi connectivity index (χ0) is 12.8. The van der Waals surface area contributed by atoms with E-state index in [1.54, 1.807) is 6.07 Å². The largest absolute Gasteiger partial charge is 0.398 e. The fourth-order valence-corrected chi connectivity index (χ4v) is 2.51. The predicted molar refractivity (Wildman–Crippen MR) is 74.7 cm³/mol. The maximum absolute atomic E-state index is 12.1. The lowest BCUT2D eigenvalue weighted by Gasteiger charge is -2.19. The number of carbonyl (C=O) groups excluding carboxylic acids is 1. The standard InChI is InChI=1S/C15H22N2O/c16-14-8-4-3-7-13(14)15(18)9-12-17-10-5-1-2-6-11-17/h3-4,7-8H,1-2,5-6,9-12,16H2. The molecule has 1 heterocycles. The highest BCUT2D eigenvalue weighted by molar-refractivity contribution is 6.00. The maximum Gasteiger partial charge on any atom is 0.166 e. The first-order chi connectivity index (χ1) is 8.77. The second-order valence-electron chi connectivity index (χ2n) is 5.02. The first-order valence-corrected chi connectivity index (χ1v) is 6.87. The summed E-state index contributed by atoms with van der Waals surface area (Å²) in [6.07, 6.45) is 5.77. The van der Waals surface area contributed by atoms with Crippen LogP contribution in [0.2, 0.25) is 0 Å².